The van der Waals surface area contributed by atoms with E-state index in [9.17, 15) is 0 Å². The molecule has 2 aromatic heterocycles. The van der Waals surface area contributed by atoms with Crippen LogP contribution in [0.1, 0.15) is 13.3 Å². The van der Waals surface area contributed by atoms with Crippen LogP contribution in [0.2, 0.25) is 0 Å². The Balaban J connectivity index is 2.17. The zero-order valence-corrected chi connectivity index (χ0v) is 8.31. The first-order chi connectivity index (χ1) is 6.92. The summed E-state index contributed by atoms with van der Waals surface area (Å²) < 4.78 is 7.57. The molecular weight excluding hydrogens is 176 g/mol. The van der Waals surface area contributed by atoms with E-state index in [-0.39, 0.29) is 0 Å². The van der Waals surface area contributed by atoms with Crippen molar-refractivity contribution in [3.8, 4) is 0 Å². The number of aromatic nitrogens is 2. The number of nitrogens with zero attached hydrogens (tertiary/aromatic N) is 2. The lowest BCUT2D eigenvalue weighted by Crippen LogP contribution is -2.01. The maximum Gasteiger partial charge on any atom is 0.122 e. The number of fused-ring (bicyclic) bond motifs is 1. The molecule has 3 heteroatoms. The van der Waals surface area contributed by atoms with E-state index in [2.05, 4.69) is 22.5 Å². The molecule has 0 fully saturated rings. The van der Waals surface area contributed by atoms with Gasteiger partial charge in [0.05, 0.1) is 5.52 Å². The highest BCUT2D eigenvalue weighted by Crippen LogP contribution is 2.13. The summed E-state index contributed by atoms with van der Waals surface area (Å²) in [5.74, 6) is 0. The SMILES string of the molecule is CCCOCn1ccc2cnccc21. The fourth-order valence-corrected chi connectivity index (χ4v) is 1.46. The second-order valence-corrected chi connectivity index (χ2v) is 3.26. The van der Waals surface area contributed by atoms with Crippen molar-refractivity contribution in [2.45, 2.75) is 20.1 Å². The molecule has 0 aliphatic rings. The standard InChI is InChI=1S/C11H14N2O/c1-2-7-14-9-13-6-4-10-8-12-5-3-11(10)13/h3-6,8H,2,7,9H2,1H3. The molecule has 74 valence electrons. The largest absolute Gasteiger partial charge is 0.361 e. The molecule has 2 heterocycles. The summed E-state index contributed by atoms with van der Waals surface area (Å²) >= 11 is 0. The van der Waals surface area contributed by atoms with E-state index in [1.54, 1.807) is 6.20 Å². The van der Waals surface area contributed by atoms with Crippen molar-refractivity contribution in [3.63, 3.8) is 0 Å². The van der Waals surface area contributed by atoms with Gasteiger partial charge in [-0.2, -0.15) is 0 Å². The minimum atomic E-state index is 0.626. The molecule has 0 aliphatic carbocycles. The number of pyridine rings is 1. The first-order valence-electron chi connectivity index (χ1n) is 4.88. The topological polar surface area (TPSA) is 27.1 Å². The third kappa shape index (κ3) is 1.77. The highest BCUT2D eigenvalue weighted by molar-refractivity contribution is 5.78. The minimum absolute atomic E-state index is 0.626. The summed E-state index contributed by atoms with van der Waals surface area (Å²) in [7, 11) is 0. The van der Waals surface area contributed by atoms with E-state index < -0.39 is 0 Å². The van der Waals surface area contributed by atoms with Crippen molar-refractivity contribution in [2.24, 2.45) is 0 Å². The van der Waals surface area contributed by atoms with Gasteiger partial charge in [0.15, 0.2) is 0 Å². The highest BCUT2D eigenvalue weighted by atomic mass is 16.5. The van der Waals surface area contributed by atoms with Crippen molar-refractivity contribution in [2.75, 3.05) is 6.61 Å². The normalized spacial score (nSPS) is 10.9. The van der Waals surface area contributed by atoms with E-state index >= 15 is 0 Å². The van der Waals surface area contributed by atoms with Gasteiger partial charge < -0.3 is 9.30 Å². The Kier molecular flexibility index (Phi) is 2.79. The number of ether oxygens (including phenoxy) is 1. The average Bonchev–Trinajstić information content (AvgIpc) is 2.63. The fourth-order valence-electron chi connectivity index (χ4n) is 1.46. The Bertz CT molecular complexity index is 408. The van der Waals surface area contributed by atoms with E-state index in [0.717, 1.165) is 18.4 Å². The smallest absolute Gasteiger partial charge is 0.122 e. The van der Waals surface area contributed by atoms with Crippen molar-refractivity contribution in [1.29, 1.82) is 0 Å². The maximum atomic E-state index is 5.48. The zero-order chi connectivity index (χ0) is 9.80. The van der Waals surface area contributed by atoms with Gasteiger partial charge in [-0.25, -0.2) is 0 Å². The molecule has 3 nitrogen and oxygen atoms in total. The van der Waals surface area contributed by atoms with Crippen LogP contribution in [0.3, 0.4) is 0 Å². The lowest BCUT2D eigenvalue weighted by atomic mass is 10.3. The third-order valence-electron chi connectivity index (χ3n) is 2.15. The van der Waals surface area contributed by atoms with Crippen LogP contribution in [-0.2, 0) is 11.5 Å². The van der Waals surface area contributed by atoms with Crippen LogP contribution in [0.4, 0.5) is 0 Å². The van der Waals surface area contributed by atoms with Gasteiger partial charge in [0.25, 0.3) is 0 Å². The Morgan fingerprint density at radius 1 is 1.43 bits per heavy atom. The molecule has 0 unspecified atom stereocenters. The van der Waals surface area contributed by atoms with E-state index in [1.807, 2.05) is 18.5 Å². The van der Waals surface area contributed by atoms with Crippen molar-refractivity contribution < 1.29 is 4.74 Å². The minimum Gasteiger partial charge on any atom is -0.361 e. The fraction of sp³-hybridized carbons (Fsp3) is 0.364. The van der Waals surface area contributed by atoms with E-state index in [0.29, 0.717) is 6.73 Å². The van der Waals surface area contributed by atoms with Crippen LogP contribution in [0.15, 0.2) is 30.7 Å². The molecule has 2 aromatic rings. The predicted molar refractivity (Wildman–Crippen MR) is 56.0 cm³/mol. The van der Waals surface area contributed by atoms with Gasteiger partial charge in [0.1, 0.15) is 6.73 Å². The molecule has 0 amide bonds. The second kappa shape index (κ2) is 4.24. The Morgan fingerprint density at radius 3 is 3.21 bits per heavy atom. The molecule has 0 N–H and O–H groups in total. The molecule has 0 saturated carbocycles. The molecule has 14 heavy (non-hydrogen) atoms. The van der Waals surface area contributed by atoms with Crippen LogP contribution in [0, 0.1) is 0 Å². The molecule has 0 spiro atoms. The first kappa shape index (κ1) is 9.21. The zero-order valence-electron chi connectivity index (χ0n) is 8.31. The van der Waals surface area contributed by atoms with E-state index in [4.69, 9.17) is 4.74 Å². The van der Waals surface area contributed by atoms with Crippen LogP contribution in [0.25, 0.3) is 10.9 Å². The number of hydrogen-bond acceptors (Lipinski definition) is 2. The van der Waals surface area contributed by atoms with Crippen LogP contribution >= 0.6 is 0 Å². The Labute approximate surface area is 83.3 Å². The Morgan fingerprint density at radius 2 is 2.36 bits per heavy atom. The molecule has 0 aliphatic heterocycles. The lowest BCUT2D eigenvalue weighted by molar-refractivity contribution is 0.0804. The second-order valence-electron chi connectivity index (χ2n) is 3.26. The summed E-state index contributed by atoms with van der Waals surface area (Å²) in [6, 6.07) is 4.06. The predicted octanol–water partition coefficient (Wildman–Crippen LogP) is 2.42. The van der Waals surface area contributed by atoms with Gasteiger partial charge in [-0.1, -0.05) is 6.92 Å². The molecule has 0 bridgehead atoms. The summed E-state index contributed by atoms with van der Waals surface area (Å²) in [5.41, 5.74) is 1.18. The van der Waals surface area contributed by atoms with Crippen LogP contribution < -0.4 is 0 Å². The molecular formula is C11H14N2O. The number of rotatable bonds is 4. The van der Waals surface area contributed by atoms with Crippen LogP contribution in [0.5, 0.6) is 0 Å². The third-order valence-corrected chi connectivity index (χ3v) is 2.15. The van der Waals surface area contributed by atoms with Crippen LogP contribution in [-0.4, -0.2) is 16.2 Å². The van der Waals surface area contributed by atoms with E-state index in [1.165, 1.54) is 5.52 Å². The van der Waals surface area contributed by atoms with Gasteiger partial charge in [-0.3, -0.25) is 4.98 Å². The quantitative estimate of drug-likeness (QED) is 0.692. The number of hydrogen-bond donors (Lipinski definition) is 0. The van der Waals surface area contributed by atoms with Crippen molar-refractivity contribution >= 4 is 10.9 Å². The molecule has 2 rings (SSSR count). The van der Waals surface area contributed by atoms with Gasteiger partial charge >= 0.3 is 0 Å². The van der Waals surface area contributed by atoms with Gasteiger partial charge in [-0.15, -0.1) is 0 Å². The highest BCUT2D eigenvalue weighted by Gasteiger charge is 1.98. The van der Waals surface area contributed by atoms with Crippen molar-refractivity contribution in [1.82, 2.24) is 9.55 Å². The summed E-state index contributed by atoms with van der Waals surface area (Å²) in [4.78, 5) is 4.07. The van der Waals surface area contributed by atoms with Gasteiger partial charge in [0.2, 0.25) is 0 Å². The molecule has 0 radical (unpaired) electrons. The van der Waals surface area contributed by atoms with Gasteiger partial charge in [0, 0.05) is 30.6 Å². The monoisotopic (exact) mass is 190 g/mol. The lowest BCUT2D eigenvalue weighted by Gasteiger charge is -2.05. The molecule has 0 atom stereocenters. The first-order valence-corrected chi connectivity index (χ1v) is 4.88. The molecule has 0 saturated heterocycles. The summed E-state index contributed by atoms with van der Waals surface area (Å²) in [6.45, 7) is 3.55. The summed E-state index contributed by atoms with van der Waals surface area (Å²) in [5, 5.41) is 1.16. The summed E-state index contributed by atoms with van der Waals surface area (Å²) in [6.07, 6.45) is 6.76. The Hall–Kier alpha value is -1.35. The average molecular weight is 190 g/mol. The maximum absolute atomic E-state index is 5.48. The van der Waals surface area contributed by atoms with Crippen molar-refractivity contribution in [3.05, 3.63) is 30.7 Å². The van der Waals surface area contributed by atoms with Gasteiger partial charge in [-0.05, 0) is 18.6 Å². The molecule has 0 aromatic carbocycles.